The molecule has 106 valence electrons. The molecule has 6 nitrogen and oxygen atoms in total. The van der Waals surface area contributed by atoms with Crippen molar-refractivity contribution in [2.75, 3.05) is 11.9 Å². The molecule has 0 saturated carbocycles. The van der Waals surface area contributed by atoms with E-state index in [1.165, 1.54) is 18.2 Å². The first kappa shape index (κ1) is 14.0. The zero-order valence-corrected chi connectivity index (χ0v) is 10.8. The molecular weight excluding hydrogens is 265 g/mol. The highest BCUT2D eigenvalue weighted by Gasteiger charge is 2.11. The summed E-state index contributed by atoms with van der Waals surface area (Å²) in [4.78, 5) is 11.5. The molecule has 0 saturated heterocycles. The van der Waals surface area contributed by atoms with Gasteiger partial charge in [0.1, 0.15) is 11.6 Å². The molecule has 1 aromatic heterocycles. The Morgan fingerprint density at radius 3 is 2.95 bits per heavy atom. The first-order valence-corrected chi connectivity index (χ1v) is 5.96. The number of aromatic nitrogens is 1. The Kier molecular flexibility index (Phi) is 4.31. The van der Waals surface area contributed by atoms with E-state index in [0.717, 1.165) is 0 Å². The van der Waals surface area contributed by atoms with Crippen molar-refractivity contribution in [2.45, 2.75) is 13.0 Å². The first-order valence-electron chi connectivity index (χ1n) is 5.96. The van der Waals surface area contributed by atoms with Crippen LogP contribution in [-0.2, 0) is 0 Å². The zero-order valence-electron chi connectivity index (χ0n) is 10.8. The van der Waals surface area contributed by atoms with Crippen LogP contribution in [0.15, 0.2) is 34.9 Å². The van der Waals surface area contributed by atoms with Crippen LogP contribution in [-0.4, -0.2) is 22.8 Å². The third kappa shape index (κ3) is 3.79. The minimum absolute atomic E-state index is 0.0495. The van der Waals surface area contributed by atoms with Crippen molar-refractivity contribution in [1.29, 1.82) is 0 Å². The van der Waals surface area contributed by atoms with Crippen molar-refractivity contribution < 1.29 is 18.8 Å². The number of carbonyl (C=O) groups is 1. The molecule has 0 bridgehead atoms. The van der Waals surface area contributed by atoms with Crippen molar-refractivity contribution >= 4 is 11.8 Å². The molecule has 1 atom stereocenters. The van der Waals surface area contributed by atoms with Crippen LogP contribution in [0, 0.1) is 12.7 Å². The highest BCUT2D eigenvalue weighted by molar-refractivity contribution is 5.88. The third-order valence-electron chi connectivity index (χ3n) is 2.56. The summed E-state index contributed by atoms with van der Waals surface area (Å²) < 4.78 is 17.8. The predicted octanol–water partition coefficient (Wildman–Crippen LogP) is 1.98. The lowest BCUT2D eigenvalue weighted by Gasteiger charge is -2.12. The molecule has 0 unspecified atom stereocenters. The summed E-state index contributed by atoms with van der Waals surface area (Å²) in [7, 11) is 0. The normalized spacial score (nSPS) is 11.9. The molecule has 0 aliphatic carbocycles. The lowest BCUT2D eigenvalue weighted by atomic mass is 10.1. The quantitative estimate of drug-likeness (QED) is 0.798. The maximum Gasteiger partial charge on any atom is 0.320 e. The first-order chi connectivity index (χ1) is 9.54. The second-order valence-electron chi connectivity index (χ2n) is 4.23. The van der Waals surface area contributed by atoms with Crippen LogP contribution in [0.3, 0.4) is 0 Å². The molecule has 1 aromatic carbocycles. The molecule has 0 aliphatic rings. The number of aliphatic hydroxyl groups is 1. The Balaban J connectivity index is 1.84. The van der Waals surface area contributed by atoms with Gasteiger partial charge in [-0.15, -0.1) is 0 Å². The third-order valence-corrected chi connectivity index (χ3v) is 2.56. The fraction of sp³-hybridized carbons (Fsp3) is 0.231. The second kappa shape index (κ2) is 6.16. The zero-order chi connectivity index (χ0) is 14.5. The van der Waals surface area contributed by atoms with Crippen molar-refractivity contribution in [1.82, 2.24) is 10.5 Å². The number of nitrogens with one attached hydrogen (secondary N) is 2. The van der Waals surface area contributed by atoms with Crippen molar-refractivity contribution in [2.24, 2.45) is 0 Å². The number of benzene rings is 1. The minimum atomic E-state index is -0.990. The topological polar surface area (TPSA) is 87.4 Å². The summed E-state index contributed by atoms with van der Waals surface area (Å²) in [6.45, 7) is 1.65. The molecule has 2 aromatic rings. The molecule has 7 heteroatoms. The molecule has 0 fully saturated rings. The number of nitrogens with zero attached hydrogens (tertiary/aromatic N) is 1. The van der Waals surface area contributed by atoms with Gasteiger partial charge in [-0.05, 0) is 24.6 Å². The molecule has 3 N–H and O–H groups in total. The Morgan fingerprint density at radius 2 is 2.30 bits per heavy atom. The monoisotopic (exact) mass is 279 g/mol. The molecule has 2 rings (SSSR count). The van der Waals surface area contributed by atoms with Gasteiger partial charge in [0, 0.05) is 12.6 Å². The number of rotatable bonds is 4. The van der Waals surface area contributed by atoms with Crippen LogP contribution in [0.2, 0.25) is 0 Å². The fourth-order valence-electron chi connectivity index (χ4n) is 1.61. The van der Waals surface area contributed by atoms with Crippen molar-refractivity contribution in [3.05, 3.63) is 47.5 Å². The molecule has 0 spiro atoms. The minimum Gasteiger partial charge on any atom is -0.387 e. The van der Waals surface area contributed by atoms with E-state index >= 15 is 0 Å². The summed E-state index contributed by atoms with van der Waals surface area (Å²) in [5.41, 5.74) is 0.391. The largest absolute Gasteiger partial charge is 0.387 e. The van der Waals surface area contributed by atoms with E-state index in [1.54, 1.807) is 19.1 Å². The number of hydrogen-bond acceptors (Lipinski definition) is 4. The Morgan fingerprint density at radius 1 is 1.50 bits per heavy atom. The van der Waals surface area contributed by atoms with Crippen LogP contribution in [0.4, 0.5) is 15.0 Å². The van der Waals surface area contributed by atoms with Crippen LogP contribution in [0.25, 0.3) is 0 Å². The number of aryl methyl sites for hydroxylation is 1. The van der Waals surface area contributed by atoms with E-state index < -0.39 is 18.0 Å². The van der Waals surface area contributed by atoms with Crippen LogP contribution in [0.1, 0.15) is 17.4 Å². The van der Waals surface area contributed by atoms with Crippen LogP contribution >= 0.6 is 0 Å². The Bertz CT molecular complexity index is 600. The molecule has 0 radical (unpaired) electrons. The Hall–Kier alpha value is -2.41. The number of hydrogen-bond donors (Lipinski definition) is 3. The van der Waals surface area contributed by atoms with Crippen molar-refractivity contribution in [3.63, 3.8) is 0 Å². The van der Waals surface area contributed by atoms with Gasteiger partial charge in [0.2, 0.25) is 0 Å². The van der Waals surface area contributed by atoms with E-state index in [9.17, 15) is 14.3 Å². The summed E-state index contributed by atoms with van der Waals surface area (Å²) >= 11 is 0. The highest BCUT2D eigenvalue weighted by atomic mass is 19.1. The van der Waals surface area contributed by atoms with Gasteiger partial charge in [0.25, 0.3) is 0 Å². The maximum atomic E-state index is 13.0. The second-order valence-corrected chi connectivity index (χ2v) is 4.23. The summed E-state index contributed by atoms with van der Waals surface area (Å²) in [6, 6.07) is 6.59. The number of aliphatic hydroxyl groups excluding tert-OH is 1. The van der Waals surface area contributed by atoms with Crippen LogP contribution in [0.5, 0.6) is 0 Å². The average molecular weight is 279 g/mol. The number of amides is 2. The van der Waals surface area contributed by atoms with Crippen LogP contribution < -0.4 is 10.6 Å². The van der Waals surface area contributed by atoms with Gasteiger partial charge in [-0.25, -0.2) is 9.18 Å². The van der Waals surface area contributed by atoms with Gasteiger partial charge >= 0.3 is 6.03 Å². The van der Waals surface area contributed by atoms with Gasteiger partial charge in [0.15, 0.2) is 5.82 Å². The smallest absolute Gasteiger partial charge is 0.320 e. The molecule has 20 heavy (non-hydrogen) atoms. The number of anilines is 1. The highest BCUT2D eigenvalue weighted by Crippen LogP contribution is 2.13. The van der Waals surface area contributed by atoms with E-state index in [4.69, 9.17) is 4.52 Å². The average Bonchev–Trinajstić information content (AvgIpc) is 2.81. The number of urea groups is 1. The molecule has 1 heterocycles. The van der Waals surface area contributed by atoms with E-state index in [2.05, 4.69) is 15.8 Å². The molecular formula is C13H14FN3O3. The Labute approximate surface area is 114 Å². The van der Waals surface area contributed by atoms with E-state index in [0.29, 0.717) is 11.3 Å². The molecule has 0 aliphatic heterocycles. The van der Waals surface area contributed by atoms with Gasteiger partial charge < -0.3 is 14.9 Å². The predicted molar refractivity (Wildman–Crippen MR) is 69.6 cm³/mol. The SMILES string of the molecule is Cc1cc(NC(=O)NC[C@@H](O)c2cccc(F)c2)no1. The lowest BCUT2D eigenvalue weighted by molar-refractivity contribution is 0.174. The summed E-state index contributed by atoms with van der Waals surface area (Å²) in [5, 5.41) is 18.3. The van der Waals surface area contributed by atoms with E-state index in [1.807, 2.05) is 0 Å². The summed E-state index contributed by atoms with van der Waals surface area (Å²) in [6.07, 6.45) is -0.990. The van der Waals surface area contributed by atoms with Gasteiger partial charge in [-0.2, -0.15) is 0 Å². The van der Waals surface area contributed by atoms with Gasteiger partial charge in [0.05, 0.1) is 6.10 Å². The van der Waals surface area contributed by atoms with Gasteiger partial charge in [-0.3, -0.25) is 5.32 Å². The fourth-order valence-corrected chi connectivity index (χ4v) is 1.61. The summed E-state index contributed by atoms with van der Waals surface area (Å²) in [5.74, 6) is 0.407. The maximum absolute atomic E-state index is 13.0. The van der Waals surface area contributed by atoms with Crippen molar-refractivity contribution in [3.8, 4) is 0 Å². The van der Waals surface area contributed by atoms with E-state index in [-0.39, 0.29) is 12.4 Å². The van der Waals surface area contributed by atoms with Gasteiger partial charge in [-0.1, -0.05) is 17.3 Å². The standard InChI is InChI=1S/C13H14FN3O3/c1-8-5-12(17-20-8)16-13(19)15-7-11(18)9-3-2-4-10(14)6-9/h2-6,11,18H,7H2,1H3,(H2,15,16,17,19)/t11-/m1/s1. The number of halogens is 1. The lowest BCUT2D eigenvalue weighted by Crippen LogP contribution is -2.32. The number of carbonyl (C=O) groups excluding carboxylic acids is 1. The molecule has 2 amide bonds.